The smallest absolute Gasteiger partial charge is 0.312 e. The molecule has 3 saturated heterocycles. The first-order chi connectivity index (χ1) is 16.8. The number of β-amino-alcohol motifs (C(OH)–C–C–N with tert-alkyl or cyclic N) is 1. The van der Waals surface area contributed by atoms with Gasteiger partial charge in [-0.1, -0.05) is 51.8 Å². The number of nitrogens with zero attached hydrogens (tertiary/aromatic N) is 2. The van der Waals surface area contributed by atoms with Crippen LogP contribution in [0.2, 0.25) is 5.02 Å². The fraction of sp³-hybridized carbons (Fsp3) is 0.480. The van der Waals surface area contributed by atoms with Crippen LogP contribution < -0.4 is 4.90 Å². The molecule has 3 fully saturated rings. The molecule has 35 heavy (non-hydrogen) atoms. The summed E-state index contributed by atoms with van der Waals surface area (Å²) >= 11 is 10.0. The number of anilines is 1. The molecule has 6 atom stereocenters. The first kappa shape index (κ1) is 25.9. The number of ether oxygens (including phenoxy) is 2. The number of halogens is 2. The third kappa shape index (κ3) is 4.22. The molecule has 0 aliphatic carbocycles. The fourth-order valence-corrected chi connectivity index (χ4v) is 6.80. The van der Waals surface area contributed by atoms with Crippen molar-refractivity contribution in [1.82, 2.24) is 4.90 Å². The van der Waals surface area contributed by atoms with Gasteiger partial charge in [-0.05, 0) is 25.0 Å². The number of esters is 1. The average molecular weight is 568 g/mol. The summed E-state index contributed by atoms with van der Waals surface area (Å²) in [6.07, 6.45) is 3.44. The van der Waals surface area contributed by atoms with Gasteiger partial charge in [0.2, 0.25) is 5.91 Å². The highest BCUT2D eigenvalue weighted by Crippen LogP contribution is 2.60. The number of likely N-dealkylation sites (tertiary alicyclic amines) is 1. The normalized spacial score (nSPS) is 30.8. The van der Waals surface area contributed by atoms with E-state index in [1.165, 1.54) is 9.80 Å². The van der Waals surface area contributed by atoms with E-state index in [4.69, 9.17) is 21.1 Å². The average Bonchev–Trinajstić information content (AvgIpc) is 3.42. The summed E-state index contributed by atoms with van der Waals surface area (Å²) in [4.78, 5) is 43.5. The van der Waals surface area contributed by atoms with E-state index in [0.717, 1.165) is 0 Å². The molecule has 1 aromatic rings. The maximum Gasteiger partial charge on any atom is 0.312 e. The van der Waals surface area contributed by atoms with E-state index in [-0.39, 0.29) is 31.1 Å². The minimum absolute atomic E-state index is 0.0723. The zero-order valence-corrected chi connectivity index (χ0v) is 21.5. The predicted molar refractivity (Wildman–Crippen MR) is 134 cm³/mol. The molecule has 4 rings (SSSR count). The van der Waals surface area contributed by atoms with E-state index in [0.29, 0.717) is 23.6 Å². The number of carbonyl (C=O) groups is 3. The van der Waals surface area contributed by atoms with Gasteiger partial charge in [-0.3, -0.25) is 14.4 Å². The van der Waals surface area contributed by atoms with Crippen LogP contribution in [0.3, 0.4) is 0 Å². The molecule has 10 heteroatoms. The van der Waals surface area contributed by atoms with E-state index < -0.39 is 47.4 Å². The Labute approximate surface area is 217 Å². The summed E-state index contributed by atoms with van der Waals surface area (Å²) in [7, 11) is 0. The Kier molecular flexibility index (Phi) is 7.71. The van der Waals surface area contributed by atoms with Gasteiger partial charge in [-0.2, -0.15) is 0 Å². The summed E-state index contributed by atoms with van der Waals surface area (Å²) in [5.74, 6) is -3.11. The summed E-state index contributed by atoms with van der Waals surface area (Å²) in [5.41, 5.74) is -0.774. The molecule has 3 aliphatic rings. The second kappa shape index (κ2) is 10.4. The first-order valence-corrected chi connectivity index (χ1v) is 12.8. The molecule has 0 radical (unpaired) electrons. The number of carbonyl (C=O) groups excluding carboxylic acids is 3. The molecule has 1 spiro atoms. The largest absolute Gasteiger partial charge is 0.465 e. The first-order valence-electron chi connectivity index (χ1n) is 11.5. The van der Waals surface area contributed by atoms with Gasteiger partial charge in [-0.15, -0.1) is 13.2 Å². The van der Waals surface area contributed by atoms with Crippen LogP contribution in [0.15, 0.2) is 49.6 Å². The quantitative estimate of drug-likeness (QED) is 0.202. The van der Waals surface area contributed by atoms with Gasteiger partial charge in [-0.25, -0.2) is 0 Å². The molecule has 3 unspecified atom stereocenters. The predicted octanol–water partition coefficient (Wildman–Crippen LogP) is 2.72. The third-order valence-corrected chi connectivity index (χ3v) is 8.09. The van der Waals surface area contributed by atoms with E-state index >= 15 is 0 Å². The van der Waals surface area contributed by atoms with E-state index in [9.17, 15) is 19.5 Å². The topological polar surface area (TPSA) is 96.4 Å². The van der Waals surface area contributed by atoms with Crippen molar-refractivity contribution in [3.63, 3.8) is 0 Å². The van der Waals surface area contributed by atoms with Crippen LogP contribution in [0.5, 0.6) is 0 Å². The van der Waals surface area contributed by atoms with Crippen LogP contribution in [-0.2, 0) is 23.9 Å². The van der Waals surface area contributed by atoms with Crippen LogP contribution in [-0.4, -0.2) is 76.7 Å². The lowest BCUT2D eigenvalue weighted by molar-refractivity contribution is -0.154. The van der Waals surface area contributed by atoms with Crippen LogP contribution in [0.25, 0.3) is 0 Å². The SMILES string of the molecule is C=CCCOC(=O)[C@H]1[C@@H]2OC3(CC2Br)C(C(=O)N(CC=C)c2ccccc2Cl)N(CCO)C(=O)[C@H]13. The minimum atomic E-state index is -1.25. The molecular formula is C25H28BrClN2O6. The molecule has 2 amide bonds. The highest BCUT2D eigenvalue weighted by Gasteiger charge is 2.77. The molecule has 3 aliphatic heterocycles. The number of rotatable bonds is 10. The van der Waals surface area contributed by atoms with E-state index in [2.05, 4.69) is 29.1 Å². The summed E-state index contributed by atoms with van der Waals surface area (Å²) in [6.45, 7) is 7.27. The van der Waals surface area contributed by atoms with Gasteiger partial charge < -0.3 is 24.4 Å². The maximum atomic E-state index is 14.2. The number of alkyl halides is 1. The third-order valence-electron chi connectivity index (χ3n) is 6.92. The summed E-state index contributed by atoms with van der Waals surface area (Å²) < 4.78 is 11.8. The zero-order chi connectivity index (χ0) is 25.3. The van der Waals surface area contributed by atoms with Gasteiger partial charge in [0, 0.05) is 17.9 Å². The maximum absolute atomic E-state index is 14.2. The van der Waals surface area contributed by atoms with Crippen molar-refractivity contribution in [1.29, 1.82) is 0 Å². The molecule has 2 bridgehead atoms. The number of hydrogen-bond donors (Lipinski definition) is 1. The Morgan fingerprint density at radius 1 is 1.34 bits per heavy atom. The molecular weight excluding hydrogens is 540 g/mol. The molecule has 3 heterocycles. The summed E-state index contributed by atoms with van der Waals surface area (Å²) in [6, 6.07) is 5.85. The van der Waals surface area contributed by atoms with Crippen molar-refractivity contribution in [2.45, 2.75) is 35.4 Å². The second-order valence-corrected chi connectivity index (χ2v) is 10.4. The Bertz CT molecular complexity index is 1040. The number of aliphatic hydroxyl groups excluding tert-OH is 1. The lowest BCUT2D eigenvalue weighted by atomic mass is 9.70. The summed E-state index contributed by atoms with van der Waals surface area (Å²) in [5, 5.41) is 10.1. The Balaban J connectivity index is 1.75. The molecule has 0 saturated carbocycles. The van der Waals surface area contributed by atoms with Gasteiger partial charge in [0.1, 0.15) is 11.6 Å². The lowest BCUT2D eigenvalue weighted by Crippen LogP contribution is -2.57. The molecule has 8 nitrogen and oxygen atoms in total. The van der Waals surface area contributed by atoms with Gasteiger partial charge in [0.05, 0.1) is 41.9 Å². The highest BCUT2D eigenvalue weighted by molar-refractivity contribution is 9.09. The van der Waals surface area contributed by atoms with Crippen molar-refractivity contribution < 1.29 is 29.0 Å². The lowest BCUT2D eigenvalue weighted by Gasteiger charge is -2.37. The van der Waals surface area contributed by atoms with Crippen LogP contribution in [0.4, 0.5) is 5.69 Å². The standard InChI is InChI=1S/C25H28BrClN2O6/c1-3-5-13-34-24(33)18-19-22(31)29(11-12-30)21(25(19)14-15(26)20(18)35-25)23(32)28(10-4-2)17-9-7-6-8-16(17)27/h3-4,6-9,15,18-21,30H,1-2,5,10-14H2/t15?,18-,19+,20-,21?,25?/m1/s1. The van der Waals surface area contributed by atoms with Crippen molar-refractivity contribution >= 4 is 51.0 Å². The number of fused-ring (bicyclic) bond motifs is 1. The Hall–Kier alpha value is -2.20. The second-order valence-electron chi connectivity index (χ2n) is 8.85. The number of benzene rings is 1. The molecule has 188 valence electrons. The van der Waals surface area contributed by atoms with Crippen LogP contribution in [0, 0.1) is 11.8 Å². The van der Waals surface area contributed by atoms with Crippen LogP contribution >= 0.6 is 27.5 Å². The van der Waals surface area contributed by atoms with Gasteiger partial charge in [0.25, 0.3) is 5.91 Å². The number of hydrogen-bond acceptors (Lipinski definition) is 6. The van der Waals surface area contributed by atoms with Crippen molar-refractivity contribution in [3.8, 4) is 0 Å². The van der Waals surface area contributed by atoms with E-state index in [1.807, 2.05) is 0 Å². The zero-order valence-electron chi connectivity index (χ0n) is 19.1. The van der Waals surface area contributed by atoms with Gasteiger partial charge in [0.15, 0.2) is 0 Å². The fourth-order valence-electron chi connectivity index (χ4n) is 5.62. The van der Waals surface area contributed by atoms with Crippen LogP contribution in [0.1, 0.15) is 12.8 Å². The monoisotopic (exact) mass is 566 g/mol. The minimum Gasteiger partial charge on any atom is -0.465 e. The Morgan fingerprint density at radius 3 is 2.74 bits per heavy atom. The Morgan fingerprint density at radius 2 is 2.09 bits per heavy atom. The highest BCUT2D eigenvalue weighted by atomic mass is 79.9. The molecule has 1 aromatic carbocycles. The number of para-hydroxylation sites is 1. The van der Waals surface area contributed by atoms with Crippen molar-refractivity contribution in [3.05, 3.63) is 54.6 Å². The van der Waals surface area contributed by atoms with E-state index in [1.54, 1.807) is 36.4 Å². The molecule has 1 N–H and O–H groups in total. The molecule has 0 aromatic heterocycles. The number of aliphatic hydroxyl groups is 1. The van der Waals surface area contributed by atoms with Crippen molar-refractivity contribution in [2.75, 3.05) is 31.2 Å². The van der Waals surface area contributed by atoms with Gasteiger partial charge >= 0.3 is 5.97 Å². The van der Waals surface area contributed by atoms with Crippen molar-refractivity contribution in [2.24, 2.45) is 11.8 Å². The number of amides is 2.